The minimum atomic E-state index is -1.21. The van der Waals surface area contributed by atoms with E-state index in [4.69, 9.17) is 14.2 Å². The third kappa shape index (κ3) is 4.89. The van der Waals surface area contributed by atoms with Gasteiger partial charge in [-0.3, -0.25) is 0 Å². The lowest BCUT2D eigenvalue weighted by Crippen LogP contribution is -2.45. The van der Waals surface area contributed by atoms with Gasteiger partial charge in [0.05, 0.1) is 24.1 Å². The monoisotopic (exact) mass is 400 g/mol. The highest BCUT2D eigenvalue weighted by molar-refractivity contribution is 5.05. The van der Waals surface area contributed by atoms with Gasteiger partial charge in [0.2, 0.25) is 0 Å². The molecule has 3 nitrogen and oxygen atoms in total. The van der Waals surface area contributed by atoms with Gasteiger partial charge in [-0.15, -0.1) is 0 Å². The Morgan fingerprint density at radius 2 is 1.50 bits per heavy atom. The van der Waals surface area contributed by atoms with E-state index in [1.165, 1.54) is 0 Å². The fraction of sp³-hybridized carbons (Fsp3) is 0.913. The smallest absolute Gasteiger partial charge is 0.163 e. The van der Waals surface area contributed by atoms with Crippen LogP contribution < -0.4 is 0 Å². The summed E-state index contributed by atoms with van der Waals surface area (Å²) >= 11 is 0. The van der Waals surface area contributed by atoms with Gasteiger partial charge in [0.15, 0.2) is 12.3 Å². The zero-order valence-corrected chi connectivity index (χ0v) is 17.6. The van der Waals surface area contributed by atoms with Crippen LogP contribution in [0.15, 0.2) is 12.3 Å². The van der Waals surface area contributed by atoms with E-state index in [-0.39, 0.29) is 11.8 Å². The molecule has 0 bridgehead atoms. The maximum absolute atomic E-state index is 15.2. The Balaban J connectivity index is 1.54. The van der Waals surface area contributed by atoms with Gasteiger partial charge in [-0.2, -0.15) is 0 Å². The lowest BCUT2D eigenvalue weighted by molar-refractivity contribution is -0.128. The molecule has 1 heterocycles. The fourth-order valence-corrected chi connectivity index (χ4v) is 5.23. The highest BCUT2D eigenvalue weighted by Gasteiger charge is 2.57. The van der Waals surface area contributed by atoms with Crippen LogP contribution in [0, 0.1) is 11.8 Å². The van der Waals surface area contributed by atoms with Gasteiger partial charge in [0.25, 0.3) is 0 Å². The summed E-state index contributed by atoms with van der Waals surface area (Å²) in [4.78, 5) is 0. The molecule has 3 aliphatic rings. The quantitative estimate of drug-likeness (QED) is 0.337. The molecule has 3 rings (SSSR count). The SMILES string of the molecule is C=C(CCCCC)OC1CCC2C3CCC(OCCCC)C(F)C3OC2C1F. The molecular weight excluding hydrogens is 362 g/mol. The van der Waals surface area contributed by atoms with Gasteiger partial charge in [0.1, 0.15) is 6.10 Å². The van der Waals surface area contributed by atoms with Crippen LogP contribution in [0.3, 0.4) is 0 Å². The second kappa shape index (κ2) is 10.4. The summed E-state index contributed by atoms with van der Waals surface area (Å²) in [5.41, 5.74) is 0. The number of unbranched alkanes of at least 4 members (excludes halogenated alkanes) is 3. The minimum Gasteiger partial charge on any atom is -0.492 e. The fourth-order valence-electron chi connectivity index (χ4n) is 5.23. The van der Waals surface area contributed by atoms with E-state index in [9.17, 15) is 0 Å². The highest BCUT2D eigenvalue weighted by Crippen LogP contribution is 2.50. The third-order valence-electron chi connectivity index (χ3n) is 6.82. The minimum absolute atomic E-state index is 0.100. The van der Waals surface area contributed by atoms with Crippen LogP contribution in [-0.2, 0) is 14.2 Å². The summed E-state index contributed by atoms with van der Waals surface area (Å²) in [6, 6.07) is 0. The van der Waals surface area contributed by atoms with E-state index in [2.05, 4.69) is 20.4 Å². The first-order valence-electron chi connectivity index (χ1n) is 11.5. The third-order valence-corrected chi connectivity index (χ3v) is 6.82. The summed E-state index contributed by atoms with van der Waals surface area (Å²) in [6.45, 7) is 8.80. The lowest BCUT2D eigenvalue weighted by Gasteiger charge is -2.37. The Morgan fingerprint density at radius 1 is 0.893 bits per heavy atom. The molecule has 0 spiro atoms. The Morgan fingerprint density at radius 3 is 2.14 bits per heavy atom. The van der Waals surface area contributed by atoms with Crippen LogP contribution in [0.5, 0.6) is 0 Å². The second-order valence-corrected chi connectivity index (χ2v) is 8.85. The van der Waals surface area contributed by atoms with Crippen molar-refractivity contribution in [2.45, 2.75) is 115 Å². The largest absolute Gasteiger partial charge is 0.492 e. The van der Waals surface area contributed by atoms with Crippen LogP contribution in [0.4, 0.5) is 8.78 Å². The van der Waals surface area contributed by atoms with Crippen molar-refractivity contribution >= 4 is 0 Å². The van der Waals surface area contributed by atoms with Gasteiger partial charge in [0, 0.05) is 13.0 Å². The molecule has 0 amide bonds. The standard InChI is InChI=1S/C23H38F2O3/c1-4-6-8-9-15(3)27-19-13-11-17-16-10-12-18(26-14-7-5-2)20(24)22(16)28-23(17)21(19)25/h16-23H,3-14H2,1-2H3. The van der Waals surface area contributed by atoms with Crippen LogP contribution in [0.25, 0.3) is 0 Å². The summed E-state index contributed by atoms with van der Waals surface area (Å²) in [6.07, 6.45) is 4.76. The van der Waals surface area contributed by atoms with E-state index in [1.54, 1.807) is 0 Å². The number of rotatable bonds is 10. The maximum Gasteiger partial charge on any atom is 0.163 e. The van der Waals surface area contributed by atoms with Crippen molar-refractivity contribution < 1.29 is 23.0 Å². The van der Waals surface area contributed by atoms with Gasteiger partial charge in [-0.25, -0.2) is 8.78 Å². The van der Waals surface area contributed by atoms with E-state index in [0.29, 0.717) is 25.2 Å². The maximum atomic E-state index is 15.2. The Hall–Kier alpha value is -0.680. The molecule has 5 heteroatoms. The number of halogens is 2. The van der Waals surface area contributed by atoms with Gasteiger partial charge in [-0.05, 0) is 50.4 Å². The zero-order chi connectivity index (χ0) is 20.1. The van der Waals surface area contributed by atoms with Gasteiger partial charge >= 0.3 is 0 Å². The van der Waals surface area contributed by atoms with Crippen LogP contribution in [0.2, 0.25) is 0 Å². The summed E-state index contributed by atoms with van der Waals surface area (Å²) in [7, 11) is 0. The molecule has 28 heavy (non-hydrogen) atoms. The van der Waals surface area contributed by atoms with E-state index in [1.807, 2.05) is 0 Å². The number of hydrogen-bond acceptors (Lipinski definition) is 3. The molecule has 2 aliphatic carbocycles. The van der Waals surface area contributed by atoms with Gasteiger partial charge < -0.3 is 14.2 Å². The van der Waals surface area contributed by atoms with E-state index >= 15 is 8.78 Å². The molecule has 3 fully saturated rings. The number of allylic oxidation sites excluding steroid dienone is 1. The Labute approximate surface area is 169 Å². The van der Waals surface area contributed by atoms with Crippen molar-refractivity contribution in [3.63, 3.8) is 0 Å². The van der Waals surface area contributed by atoms with Crippen LogP contribution >= 0.6 is 0 Å². The van der Waals surface area contributed by atoms with Crippen molar-refractivity contribution in [3.8, 4) is 0 Å². The summed E-state index contributed by atoms with van der Waals surface area (Å²) in [5, 5.41) is 0. The van der Waals surface area contributed by atoms with Crippen molar-refractivity contribution in [2.24, 2.45) is 11.8 Å². The molecule has 0 N–H and O–H groups in total. The average Bonchev–Trinajstić information content (AvgIpc) is 3.06. The molecule has 0 radical (unpaired) electrons. The van der Waals surface area contributed by atoms with Crippen molar-refractivity contribution in [3.05, 3.63) is 12.3 Å². The molecule has 2 saturated carbocycles. The molecule has 162 valence electrons. The second-order valence-electron chi connectivity index (χ2n) is 8.85. The molecule has 0 aromatic heterocycles. The average molecular weight is 401 g/mol. The van der Waals surface area contributed by atoms with E-state index < -0.39 is 36.8 Å². The molecule has 0 aromatic carbocycles. The Bertz CT molecular complexity index is 500. The molecular formula is C23H38F2O3. The number of hydrogen-bond donors (Lipinski definition) is 0. The van der Waals surface area contributed by atoms with Crippen molar-refractivity contribution in [2.75, 3.05) is 6.61 Å². The first-order valence-corrected chi connectivity index (χ1v) is 11.5. The lowest BCUT2D eigenvalue weighted by atomic mass is 9.71. The van der Waals surface area contributed by atoms with Crippen LogP contribution in [0.1, 0.15) is 78.1 Å². The summed E-state index contributed by atoms with van der Waals surface area (Å²) < 4.78 is 47.9. The number of fused-ring (bicyclic) bond motifs is 3. The Kier molecular flexibility index (Phi) is 8.16. The van der Waals surface area contributed by atoms with Gasteiger partial charge in [-0.1, -0.05) is 39.7 Å². The first-order chi connectivity index (χ1) is 13.6. The molecule has 8 unspecified atom stereocenters. The normalized spacial score (nSPS) is 40.0. The molecule has 1 aliphatic heterocycles. The van der Waals surface area contributed by atoms with Crippen molar-refractivity contribution in [1.29, 1.82) is 0 Å². The topological polar surface area (TPSA) is 27.7 Å². The van der Waals surface area contributed by atoms with E-state index in [0.717, 1.165) is 51.4 Å². The predicted octanol–water partition coefficient (Wildman–Crippen LogP) is 5.91. The molecule has 1 saturated heterocycles. The first kappa shape index (κ1) is 22.0. The molecule has 8 atom stereocenters. The van der Waals surface area contributed by atoms with Crippen LogP contribution in [-0.4, -0.2) is 43.4 Å². The highest BCUT2D eigenvalue weighted by atomic mass is 19.1. The zero-order valence-electron chi connectivity index (χ0n) is 17.6. The number of alkyl halides is 2. The number of ether oxygens (including phenoxy) is 3. The predicted molar refractivity (Wildman–Crippen MR) is 107 cm³/mol. The molecule has 0 aromatic rings. The van der Waals surface area contributed by atoms with Crippen molar-refractivity contribution in [1.82, 2.24) is 0 Å². The summed E-state index contributed by atoms with van der Waals surface area (Å²) in [5.74, 6) is 0.878.